The summed E-state index contributed by atoms with van der Waals surface area (Å²) in [7, 11) is 4.29. The van der Waals surface area contributed by atoms with Crippen molar-refractivity contribution >= 4 is 5.96 Å². The topological polar surface area (TPSA) is 53.6 Å². The number of rotatable bonds is 4. The lowest BCUT2D eigenvalue weighted by molar-refractivity contribution is 0.0699. The van der Waals surface area contributed by atoms with Crippen molar-refractivity contribution in [2.24, 2.45) is 10.7 Å². The Kier molecular flexibility index (Phi) is 3.38. The van der Waals surface area contributed by atoms with Crippen LogP contribution < -0.4 is 11.1 Å². The van der Waals surface area contributed by atoms with Gasteiger partial charge in [0, 0.05) is 11.6 Å². The van der Waals surface area contributed by atoms with Crippen LogP contribution in [0.25, 0.3) is 0 Å². The predicted octanol–water partition coefficient (Wildman–Crippen LogP) is 0.927. The summed E-state index contributed by atoms with van der Waals surface area (Å²) in [5.41, 5.74) is 6.17. The molecule has 0 aromatic rings. The molecule has 2 fully saturated rings. The van der Waals surface area contributed by atoms with Crippen LogP contribution in [0, 0.1) is 0 Å². The van der Waals surface area contributed by atoms with Crippen molar-refractivity contribution in [1.29, 1.82) is 0 Å². The number of aliphatic imine (C=N–C) groups is 1. The van der Waals surface area contributed by atoms with Gasteiger partial charge in [0.25, 0.3) is 0 Å². The lowest BCUT2D eigenvalue weighted by Crippen LogP contribution is -2.53. The van der Waals surface area contributed by atoms with Crippen LogP contribution in [-0.2, 0) is 0 Å². The van der Waals surface area contributed by atoms with Crippen LogP contribution >= 0.6 is 0 Å². The summed E-state index contributed by atoms with van der Waals surface area (Å²) < 4.78 is 0. The lowest BCUT2D eigenvalue weighted by Gasteiger charge is -2.46. The molecule has 0 aliphatic heterocycles. The fraction of sp³-hybridized carbons (Fsp3) is 0.917. The molecule has 0 aromatic carbocycles. The third kappa shape index (κ3) is 2.32. The molecular formula is C12H24N4. The van der Waals surface area contributed by atoms with Gasteiger partial charge in [-0.2, -0.15) is 0 Å². The lowest BCUT2D eigenvalue weighted by atomic mass is 9.76. The zero-order valence-corrected chi connectivity index (χ0v) is 10.5. The fourth-order valence-electron chi connectivity index (χ4n) is 2.37. The fourth-order valence-corrected chi connectivity index (χ4v) is 2.37. The monoisotopic (exact) mass is 224 g/mol. The zero-order valence-electron chi connectivity index (χ0n) is 10.5. The maximum absolute atomic E-state index is 5.89. The van der Waals surface area contributed by atoms with Crippen LogP contribution in [0.5, 0.6) is 0 Å². The highest BCUT2D eigenvalue weighted by Crippen LogP contribution is 2.36. The highest BCUT2D eigenvalue weighted by molar-refractivity contribution is 5.78. The quantitative estimate of drug-likeness (QED) is 0.552. The van der Waals surface area contributed by atoms with Crippen molar-refractivity contribution in [3.8, 4) is 0 Å². The van der Waals surface area contributed by atoms with E-state index in [1.54, 1.807) is 0 Å². The molecule has 2 rings (SSSR count). The number of guanidine groups is 1. The molecule has 92 valence electrons. The molecule has 2 saturated carbocycles. The van der Waals surface area contributed by atoms with Gasteiger partial charge in [0.05, 0.1) is 6.54 Å². The van der Waals surface area contributed by atoms with Crippen molar-refractivity contribution < 1.29 is 0 Å². The minimum atomic E-state index is 0.284. The van der Waals surface area contributed by atoms with Gasteiger partial charge >= 0.3 is 0 Å². The molecule has 0 saturated heterocycles. The van der Waals surface area contributed by atoms with E-state index in [4.69, 9.17) is 5.73 Å². The van der Waals surface area contributed by atoms with Crippen molar-refractivity contribution in [3.63, 3.8) is 0 Å². The van der Waals surface area contributed by atoms with Crippen molar-refractivity contribution in [2.45, 2.75) is 50.1 Å². The van der Waals surface area contributed by atoms with Gasteiger partial charge in [-0.15, -0.1) is 0 Å². The van der Waals surface area contributed by atoms with E-state index in [0.29, 0.717) is 12.0 Å². The molecule has 3 N–H and O–H groups in total. The molecule has 2 aliphatic rings. The van der Waals surface area contributed by atoms with Crippen molar-refractivity contribution in [1.82, 2.24) is 10.2 Å². The van der Waals surface area contributed by atoms with Gasteiger partial charge in [-0.1, -0.05) is 0 Å². The van der Waals surface area contributed by atoms with Crippen LogP contribution in [-0.4, -0.2) is 43.1 Å². The van der Waals surface area contributed by atoms with Gasteiger partial charge in [0.15, 0.2) is 5.96 Å². The second-order valence-corrected chi connectivity index (χ2v) is 5.45. The second-order valence-electron chi connectivity index (χ2n) is 5.45. The average Bonchev–Trinajstić information content (AvgIpc) is 2.09. The standard InChI is InChI=1S/C12H24N4/c1-16(2)12(7-4-8-12)9-14-11(13)15-10-5-3-6-10/h10H,3-9H2,1-2H3,(H3,13,14,15). The Bertz CT molecular complexity index is 264. The largest absolute Gasteiger partial charge is 0.370 e. The minimum absolute atomic E-state index is 0.284. The molecule has 0 heterocycles. The first-order valence-electron chi connectivity index (χ1n) is 6.36. The second kappa shape index (κ2) is 4.62. The van der Waals surface area contributed by atoms with Crippen molar-refractivity contribution in [3.05, 3.63) is 0 Å². The molecule has 0 amide bonds. The summed E-state index contributed by atoms with van der Waals surface area (Å²) in [6.45, 7) is 0.839. The molecular weight excluding hydrogens is 200 g/mol. The Labute approximate surface area is 98.3 Å². The van der Waals surface area contributed by atoms with Gasteiger partial charge < -0.3 is 16.0 Å². The number of hydrogen-bond acceptors (Lipinski definition) is 2. The summed E-state index contributed by atoms with van der Waals surface area (Å²) >= 11 is 0. The molecule has 0 unspecified atom stereocenters. The van der Waals surface area contributed by atoms with Gasteiger partial charge in [0.1, 0.15) is 0 Å². The van der Waals surface area contributed by atoms with E-state index in [-0.39, 0.29) is 5.54 Å². The first-order chi connectivity index (χ1) is 7.62. The molecule has 0 atom stereocenters. The normalized spacial score (nSPS) is 25.1. The minimum Gasteiger partial charge on any atom is -0.370 e. The van der Waals surface area contributed by atoms with Crippen LogP contribution in [0.4, 0.5) is 0 Å². The Balaban J connectivity index is 1.81. The molecule has 0 aromatic heterocycles. The van der Waals surface area contributed by atoms with Crippen LogP contribution in [0.1, 0.15) is 38.5 Å². The van der Waals surface area contributed by atoms with E-state index >= 15 is 0 Å². The summed E-state index contributed by atoms with van der Waals surface area (Å²) in [6.07, 6.45) is 7.64. The number of nitrogens with one attached hydrogen (secondary N) is 1. The molecule has 0 bridgehead atoms. The van der Waals surface area contributed by atoms with Crippen LogP contribution in [0.3, 0.4) is 0 Å². The smallest absolute Gasteiger partial charge is 0.188 e. The number of nitrogens with zero attached hydrogens (tertiary/aromatic N) is 2. The molecule has 0 radical (unpaired) electrons. The van der Waals surface area contributed by atoms with E-state index in [2.05, 4.69) is 29.3 Å². The zero-order chi connectivity index (χ0) is 11.6. The van der Waals surface area contributed by atoms with Crippen LogP contribution in [0.15, 0.2) is 4.99 Å². The highest BCUT2D eigenvalue weighted by atomic mass is 15.2. The van der Waals surface area contributed by atoms with E-state index < -0.39 is 0 Å². The summed E-state index contributed by atoms with van der Waals surface area (Å²) in [4.78, 5) is 6.81. The first-order valence-corrected chi connectivity index (χ1v) is 6.36. The third-order valence-electron chi connectivity index (χ3n) is 4.23. The Hall–Kier alpha value is -0.770. The molecule has 2 aliphatic carbocycles. The maximum Gasteiger partial charge on any atom is 0.188 e. The Morgan fingerprint density at radius 2 is 2.06 bits per heavy atom. The van der Waals surface area contributed by atoms with Gasteiger partial charge in [-0.25, -0.2) is 0 Å². The number of hydrogen-bond donors (Lipinski definition) is 2. The predicted molar refractivity (Wildman–Crippen MR) is 67.5 cm³/mol. The van der Waals surface area contributed by atoms with Crippen LogP contribution in [0.2, 0.25) is 0 Å². The number of nitrogens with two attached hydrogens (primary N) is 1. The highest BCUT2D eigenvalue weighted by Gasteiger charge is 2.38. The maximum atomic E-state index is 5.89. The third-order valence-corrected chi connectivity index (χ3v) is 4.23. The van der Waals surface area contributed by atoms with E-state index in [1.165, 1.54) is 38.5 Å². The number of likely N-dealkylation sites (N-methyl/N-ethyl adjacent to an activating group) is 1. The molecule has 4 heteroatoms. The summed E-state index contributed by atoms with van der Waals surface area (Å²) in [5.74, 6) is 0.637. The summed E-state index contributed by atoms with van der Waals surface area (Å²) in [6, 6.07) is 0.584. The van der Waals surface area contributed by atoms with Gasteiger partial charge in [-0.05, 0) is 52.6 Å². The Morgan fingerprint density at radius 1 is 1.38 bits per heavy atom. The SMILES string of the molecule is CN(C)C1(CN=C(N)NC2CCC2)CCC1. The Morgan fingerprint density at radius 3 is 2.44 bits per heavy atom. The van der Waals surface area contributed by atoms with Gasteiger partial charge in [0.2, 0.25) is 0 Å². The molecule has 16 heavy (non-hydrogen) atoms. The average molecular weight is 224 g/mol. The van der Waals surface area contributed by atoms with E-state index in [9.17, 15) is 0 Å². The summed E-state index contributed by atoms with van der Waals surface area (Å²) in [5, 5.41) is 3.29. The molecule has 4 nitrogen and oxygen atoms in total. The van der Waals surface area contributed by atoms with E-state index in [0.717, 1.165) is 6.54 Å². The van der Waals surface area contributed by atoms with Crippen molar-refractivity contribution in [2.75, 3.05) is 20.6 Å². The first kappa shape index (κ1) is 11.7. The van der Waals surface area contributed by atoms with Gasteiger partial charge in [-0.3, -0.25) is 4.99 Å². The van der Waals surface area contributed by atoms with E-state index in [1.807, 2.05) is 0 Å². The molecule has 0 spiro atoms.